The standard InChI is InChI=1S/C14H18N2OS/c1-2-11-5-3-4-6-13(11)17-8-7-14-16-12(9-15)10-18-14/h3-6,10H,2,7-9,15H2,1H3. The van der Waals surface area contributed by atoms with Crippen LogP contribution in [0.2, 0.25) is 0 Å². The molecule has 0 aliphatic heterocycles. The maximum Gasteiger partial charge on any atom is 0.122 e. The van der Waals surface area contributed by atoms with E-state index in [9.17, 15) is 0 Å². The van der Waals surface area contributed by atoms with Crippen LogP contribution in [0.4, 0.5) is 0 Å². The molecular formula is C14H18N2OS. The monoisotopic (exact) mass is 262 g/mol. The summed E-state index contributed by atoms with van der Waals surface area (Å²) in [5, 5.41) is 3.10. The van der Waals surface area contributed by atoms with Gasteiger partial charge >= 0.3 is 0 Å². The Hall–Kier alpha value is -1.39. The van der Waals surface area contributed by atoms with Crippen LogP contribution in [0, 0.1) is 0 Å². The summed E-state index contributed by atoms with van der Waals surface area (Å²) in [6.45, 7) is 3.31. The van der Waals surface area contributed by atoms with Gasteiger partial charge in [-0.25, -0.2) is 4.98 Å². The lowest BCUT2D eigenvalue weighted by Gasteiger charge is -2.09. The van der Waals surface area contributed by atoms with E-state index in [0.29, 0.717) is 13.2 Å². The predicted molar refractivity (Wildman–Crippen MR) is 75.0 cm³/mol. The van der Waals surface area contributed by atoms with Gasteiger partial charge in [-0.2, -0.15) is 0 Å². The number of rotatable bonds is 6. The Balaban J connectivity index is 1.88. The number of hydrogen-bond acceptors (Lipinski definition) is 4. The summed E-state index contributed by atoms with van der Waals surface area (Å²) in [4.78, 5) is 4.42. The Morgan fingerprint density at radius 2 is 2.17 bits per heavy atom. The van der Waals surface area contributed by atoms with E-state index in [0.717, 1.165) is 29.3 Å². The minimum absolute atomic E-state index is 0.510. The van der Waals surface area contributed by atoms with Crippen molar-refractivity contribution in [2.24, 2.45) is 5.73 Å². The normalized spacial score (nSPS) is 10.6. The number of nitrogens with two attached hydrogens (primary N) is 1. The Labute approximate surface area is 112 Å². The fraction of sp³-hybridized carbons (Fsp3) is 0.357. The van der Waals surface area contributed by atoms with E-state index in [2.05, 4.69) is 18.0 Å². The first-order valence-electron chi connectivity index (χ1n) is 6.17. The molecule has 96 valence electrons. The Kier molecular flexibility index (Phi) is 4.73. The summed E-state index contributed by atoms with van der Waals surface area (Å²) in [5.74, 6) is 0.982. The molecule has 18 heavy (non-hydrogen) atoms. The molecule has 1 aromatic carbocycles. The molecule has 0 aliphatic carbocycles. The molecule has 2 N–H and O–H groups in total. The Bertz CT molecular complexity index is 496. The summed E-state index contributed by atoms with van der Waals surface area (Å²) in [6.07, 6.45) is 1.83. The SMILES string of the molecule is CCc1ccccc1OCCc1nc(CN)cs1. The Morgan fingerprint density at radius 3 is 2.89 bits per heavy atom. The second-order valence-electron chi connectivity index (χ2n) is 4.00. The number of hydrogen-bond donors (Lipinski definition) is 1. The summed E-state index contributed by atoms with van der Waals surface area (Å²) in [5.41, 5.74) is 7.75. The van der Waals surface area contributed by atoms with Gasteiger partial charge < -0.3 is 10.5 Å². The molecule has 4 heteroatoms. The van der Waals surface area contributed by atoms with Gasteiger partial charge in [0.1, 0.15) is 5.75 Å². The summed E-state index contributed by atoms with van der Waals surface area (Å²) in [6, 6.07) is 8.17. The first-order valence-corrected chi connectivity index (χ1v) is 7.05. The highest BCUT2D eigenvalue weighted by Crippen LogP contribution is 2.19. The third-order valence-corrected chi connectivity index (χ3v) is 3.69. The quantitative estimate of drug-likeness (QED) is 0.871. The van der Waals surface area contributed by atoms with Crippen molar-refractivity contribution in [1.82, 2.24) is 4.98 Å². The molecule has 2 rings (SSSR count). The highest BCUT2D eigenvalue weighted by molar-refractivity contribution is 7.09. The molecule has 0 saturated heterocycles. The van der Waals surface area contributed by atoms with Gasteiger partial charge in [-0.05, 0) is 18.1 Å². The van der Waals surface area contributed by atoms with Crippen LogP contribution in [0.25, 0.3) is 0 Å². The van der Waals surface area contributed by atoms with Crippen molar-refractivity contribution in [2.75, 3.05) is 6.61 Å². The zero-order chi connectivity index (χ0) is 12.8. The van der Waals surface area contributed by atoms with Gasteiger partial charge in [0.15, 0.2) is 0 Å². The van der Waals surface area contributed by atoms with Gasteiger partial charge in [0.25, 0.3) is 0 Å². The third-order valence-electron chi connectivity index (χ3n) is 2.74. The van der Waals surface area contributed by atoms with E-state index >= 15 is 0 Å². The van der Waals surface area contributed by atoms with Crippen LogP contribution in [0.15, 0.2) is 29.6 Å². The average molecular weight is 262 g/mol. The minimum Gasteiger partial charge on any atom is -0.493 e. The predicted octanol–water partition coefficient (Wildman–Crippen LogP) is 2.79. The van der Waals surface area contributed by atoms with Crippen molar-refractivity contribution in [3.05, 3.63) is 45.9 Å². The number of benzene rings is 1. The molecule has 1 heterocycles. The molecule has 2 aromatic rings. The summed E-state index contributed by atoms with van der Waals surface area (Å²) in [7, 11) is 0. The van der Waals surface area contributed by atoms with Crippen LogP contribution in [0.5, 0.6) is 5.75 Å². The molecule has 0 saturated carbocycles. The van der Waals surface area contributed by atoms with Crippen molar-refractivity contribution < 1.29 is 4.74 Å². The molecule has 0 radical (unpaired) electrons. The highest BCUT2D eigenvalue weighted by atomic mass is 32.1. The smallest absolute Gasteiger partial charge is 0.122 e. The molecule has 0 amide bonds. The Morgan fingerprint density at radius 1 is 1.33 bits per heavy atom. The van der Waals surface area contributed by atoms with Crippen LogP contribution in [-0.2, 0) is 19.4 Å². The fourth-order valence-electron chi connectivity index (χ4n) is 1.74. The van der Waals surface area contributed by atoms with E-state index in [1.807, 2.05) is 23.6 Å². The van der Waals surface area contributed by atoms with Crippen LogP contribution >= 0.6 is 11.3 Å². The maximum absolute atomic E-state index is 5.81. The molecule has 0 atom stereocenters. The molecule has 0 spiro atoms. The number of nitrogens with zero attached hydrogens (tertiary/aromatic N) is 1. The molecular weight excluding hydrogens is 244 g/mol. The number of ether oxygens (including phenoxy) is 1. The van der Waals surface area contributed by atoms with Crippen LogP contribution < -0.4 is 10.5 Å². The first kappa shape index (κ1) is 13.1. The largest absolute Gasteiger partial charge is 0.493 e. The molecule has 0 aliphatic rings. The van der Waals surface area contributed by atoms with Gasteiger partial charge in [0.05, 0.1) is 17.3 Å². The lowest BCUT2D eigenvalue weighted by atomic mass is 10.1. The van der Waals surface area contributed by atoms with E-state index in [4.69, 9.17) is 10.5 Å². The summed E-state index contributed by atoms with van der Waals surface area (Å²) >= 11 is 1.65. The average Bonchev–Trinajstić information content (AvgIpc) is 2.87. The van der Waals surface area contributed by atoms with Gasteiger partial charge in [-0.3, -0.25) is 0 Å². The van der Waals surface area contributed by atoms with Crippen LogP contribution in [0.1, 0.15) is 23.2 Å². The van der Waals surface area contributed by atoms with Crippen LogP contribution in [-0.4, -0.2) is 11.6 Å². The van der Waals surface area contributed by atoms with Gasteiger partial charge in [-0.1, -0.05) is 25.1 Å². The molecule has 0 unspecified atom stereocenters. The molecule has 1 aromatic heterocycles. The van der Waals surface area contributed by atoms with Gasteiger partial charge in [0, 0.05) is 18.3 Å². The topological polar surface area (TPSA) is 48.1 Å². The second-order valence-corrected chi connectivity index (χ2v) is 4.94. The zero-order valence-corrected chi connectivity index (χ0v) is 11.4. The van der Waals surface area contributed by atoms with Gasteiger partial charge in [-0.15, -0.1) is 11.3 Å². The van der Waals surface area contributed by atoms with E-state index in [1.165, 1.54) is 5.56 Å². The van der Waals surface area contributed by atoms with E-state index in [1.54, 1.807) is 11.3 Å². The summed E-state index contributed by atoms with van der Waals surface area (Å²) < 4.78 is 5.81. The molecule has 0 fully saturated rings. The second kappa shape index (κ2) is 6.52. The molecule has 3 nitrogen and oxygen atoms in total. The lowest BCUT2D eigenvalue weighted by molar-refractivity contribution is 0.318. The highest BCUT2D eigenvalue weighted by Gasteiger charge is 2.03. The number of aryl methyl sites for hydroxylation is 1. The minimum atomic E-state index is 0.510. The van der Waals surface area contributed by atoms with Crippen molar-refractivity contribution in [3.8, 4) is 5.75 Å². The lowest BCUT2D eigenvalue weighted by Crippen LogP contribution is -2.03. The molecule has 0 bridgehead atoms. The zero-order valence-electron chi connectivity index (χ0n) is 10.6. The fourth-order valence-corrected chi connectivity index (χ4v) is 2.53. The number of para-hydroxylation sites is 1. The number of thiazole rings is 1. The van der Waals surface area contributed by atoms with Crippen molar-refractivity contribution >= 4 is 11.3 Å². The van der Waals surface area contributed by atoms with Gasteiger partial charge in [0.2, 0.25) is 0 Å². The maximum atomic E-state index is 5.81. The van der Waals surface area contributed by atoms with Crippen LogP contribution in [0.3, 0.4) is 0 Å². The third kappa shape index (κ3) is 3.31. The van der Waals surface area contributed by atoms with E-state index < -0.39 is 0 Å². The van der Waals surface area contributed by atoms with E-state index in [-0.39, 0.29) is 0 Å². The number of aromatic nitrogens is 1. The van der Waals surface area contributed by atoms with Crippen molar-refractivity contribution in [3.63, 3.8) is 0 Å². The van der Waals surface area contributed by atoms with Crippen molar-refractivity contribution in [2.45, 2.75) is 26.3 Å². The van der Waals surface area contributed by atoms with Crippen molar-refractivity contribution in [1.29, 1.82) is 0 Å². The first-order chi connectivity index (χ1) is 8.83.